The van der Waals surface area contributed by atoms with Gasteiger partial charge in [0.2, 0.25) is 0 Å². The molecule has 220 valence electrons. The lowest BCUT2D eigenvalue weighted by Crippen LogP contribution is -2.46. The van der Waals surface area contributed by atoms with Gasteiger partial charge in [-0.15, -0.1) is 5.10 Å². The minimum absolute atomic E-state index is 0.0684. The number of pyridine rings is 1. The van der Waals surface area contributed by atoms with E-state index in [0.717, 1.165) is 31.2 Å². The van der Waals surface area contributed by atoms with E-state index in [1.807, 2.05) is 4.90 Å². The van der Waals surface area contributed by atoms with Crippen LogP contribution in [0.25, 0.3) is 28.0 Å². The Hall–Kier alpha value is -4.79. The molecule has 6 heterocycles. The van der Waals surface area contributed by atoms with Crippen molar-refractivity contribution in [1.29, 1.82) is 0 Å². The molecular weight excluding hydrogens is 580 g/mol. The van der Waals surface area contributed by atoms with E-state index >= 15 is 0 Å². The standard InChI is InChI=1S/C28H25F2N9O3S/c1-43(41,42)25-24(15-9-16-6-7-17(10-15)38(16)28(40)22-13-33-37-36-22)35-27-18(12-34-39(27)26(25)31)14-5-8-21(32-11-14)23-19(29)3-2-4-20(23)30/h2-5,8,11-13,15-17H,6-7,9-10,31H2,1H3,(H,33,36,37)/t15-,16+,17-. The van der Waals surface area contributed by atoms with Crippen molar-refractivity contribution in [2.75, 3.05) is 12.0 Å². The van der Waals surface area contributed by atoms with Crippen LogP contribution in [0.4, 0.5) is 14.6 Å². The molecule has 12 nitrogen and oxygen atoms in total. The molecule has 2 aliphatic rings. The number of aromatic nitrogens is 7. The molecular formula is C28H25F2N9O3S. The van der Waals surface area contributed by atoms with Crippen molar-refractivity contribution >= 4 is 27.2 Å². The molecule has 5 aromatic rings. The fraction of sp³-hybridized carbons (Fsp3) is 0.286. The van der Waals surface area contributed by atoms with Crippen molar-refractivity contribution in [3.63, 3.8) is 0 Å². The predicted octanol–water partition coefficient (Wildman–Crippen LogP) is 3.39. The molecule has 7 rings (SSSR count). The molecule has 3 N–H and O–H groups in total. The summed E-state index contributed by atoms with van der Waals surface area (Å²) in [5.74, 6) is -2.00. The van der Waals surface area contributed by atoms with E-state index in [-0.39, 0.29) is 45.9 Å². The number of nitrogens with one attached hydrogen (secondary N) is 1. The van der Waals surface area contributed by atoms with Crippen LogP contribution in [0.1, 0.15) is 47.8 Å². The number of nitrogen functional groups attached to an aromatic ring is 1. The molecule has 1 aromatic carbocycles. The SMILES string of the molecule is CS(=O)(=O)c1c([C@H]2C[C@H]3CC[C@@H](C2)N3C(=O)c2cnn[nH]2)nc2c(-c3ccc(-c4c(F)cccc4F)nc3)cnn2c1N. The molecule has 43 heavy (non-hydrogen) atoms. The van der Waals surface area contributed by atoms with E-state index in [9.17, 15) is 22.0 Å². The summed E-state index contributed by atoms with van der Waals surface area (Å²) in [6.45, 7) is 0. The summed E-state index contributed by atoms with van der Waals surface area (Å²) in [6, 6.07) is 6.50. The van der Waals surface area contributed by atoms with Crippen molar-refractivity contribution in [3.05, 3.63) is 71.9 Å². The largest absolute Gasteiger partial charge is 0.382 e. The first-order chi connectivity index (χ1) is 20.6. The molecule has 2 bridgehead atoms. The van der Waals surface area contributed by atoms with Crippen LogP contribution >= 0.6 is 0 Å². The van der Waals surface area contributed by atoms with Crippen LogP contribution in [0.2, 0.25) is 0 Å². The molecule has 2 aliphatic heterocycles. The molecule has 2 fully saturated rings. The lowest BCUT2D eigenvalue weighted by Gasteiger charge is -2.39. The third-order valence-electron chi connectivity index (χ3n) is 8.33. The second-order valence-electron chi connectivity index (χ2n) is 10.9. The first kappa shape index (κ1) is 27.1. The minimum atomic E-state index is -3.82. The van der Waals surface area contributed by atoms with E-state index in [1.165, 1.54) is 35.2 Å². The summed E-state index contributed by atoms with van der Waals surface area (Å²) in [5, 5.41) is 14.3. The van der Waals surface area contributed by atoms with Crippen molar-refractivity contribution in [2.24, 2.45) is 0 Å². The summed E-state index contributed by atoms with van der Waals surface area (Å²) >= 11 is 0. The van der Waals surface area contributed by atoms with E-state index in [2.05, 4.69) is 25.5 Å². The maximum absolute atomic E-state index is 14.3. The maximum atomic E-state index is 14.3. The number of carbonyl (C=O) groups is 1. The zero-order chi connectivity index (χ0) is 30.0. The van der Waals surface area contributed by atoms with Crippen LogP contribution in [0, 0.1) is 11.6 Å². The predicted molar refractivity (Wildman–Crippen MR) is 150 cm³/mol. The van der Waals surface area contributed by atoms with Crippen molar-refractivity contribution < 1.29 is 22.0 Å². The topological polar surface area (TPSA) is 165 Å². The van der Waals surface area contributed by atoms with Crippen LogP contribution in [-0.2, 0) is 9.84 Å². The second-order valence-corrected chi connectivity index (χ2v) is 12.9. The van der Waals surface area contributed by atoms with Gasteiger partial charge in [-0.2, -0.15) is 9.61 Å². The molecule has 1 amide bonds. The summed E-state index contributed by atoms with van der Waals surface area (Å²) in [4.78, 5) is 24.0. The lowest BCUT2D eigenvalue weighted by molar-refractivity contribution is 0.0562. The number of H-pyrrole nitrogens is 1. The Bertz CT molecular complexity index is 1960. The molecule has 15 heteroatoms. The van der Waals surface area contributed by atoms with E-state index in [0.29, 0.717) is 41.0 Å². The number of amides is 1. The van der Waals surface area contributed by atoms with Gasteiger partial charge in [-0.25, -0.2) is 22.2 Å². The highest BCUT2D eigenvalue weighted by Gasteiger charge is 2.46. The van der Waals surface area contributed by atoms with Crippen molar-refractivity contribution in [3.8, 4) is 22.4 Å². The van der Waals surface area contributed by atoms with Gasteiger partial charge in [0.25, 0.3) is 5.91 Å². The van der Waals surface area contributed by atoms with E-state index < -0.39 is 21.5 Å². The summed E-state index contributed by atoms with van der Waals surface area (Å²) in [5.41, 5.74) is 8.37. The molecule has 0 unspecified atom stereocenters. The zero-order valence-corrected chi connectivity index (χ0v) is 23.6. The molecule has 0 aliphatic carbocycles. The first-order valence-electron chi connectivity index (χ1n) is 13.6. The fourth-order valence-corrected chi connectivity index (χ4v) is 7.55. The van der Waals surface area contributed by atoms with E-state index in [4.69, 9.17) is 10.7 Å². The number of nitrogens with zero attached hydrogens (tertiary/aromatic N) is 7. The quantitative estimate of drug-likeness (QED) is 0.305. The summed E-state index contributed by atoms with van der Waals surface area (Å²) in [7, 11) is -3.82. The van der Waals surface area contributed by atoms with E-state index in [1.54, 1.807) is 6.07 Å². The Labute approximate surface area is 243 Å². The Kier molecular flexibility index (Phi) is 6.23. The minimum Gasteiger partial charge on any atom is -0.382 e. The van der Waals surface area contributed by atoms with Crippen LogP contribution < -0.4 is 5.73 Å². The Balaban J connectivity index is 1.29. The van der Waals surface area contributed by atoms with Crippen molar-refractivity contribution in [1.82, 2.24) is 39.9 Å². The van der Waals surface area contributed by atoms with Gasteiger partial charge < -0.3 is 10.6 Å². The Morgan fingerprint density at radius 2 is 1.77 bits per heavy atom. The Morgan fingerprint density at radius 3 is 2.37 bits per heavy atom. The number of anilines is 1. The number of sulfone groups is 1. The smallest absolute Gasteiger partial charge is 0.274 e. The molecule has 0 saturated carbocycles. The Morgan fingerprint density at radius 1 is 1.05 bits per heavy atom. The zero-order valence-electron chi connectivity index (χ0n) is 22.8. The van der Waals surface area contributed by atoms with Gasteiger partial charge in [-0.05, 0) is 43.9 Å². The monoisotopic (exact) mass is 605 g/mol. The van der Waals surface area contributed by atoms with Gasteiger partial charge in [0.05, 0.1) is 29.3 Å². The maximum Gasteiger partial charge on any atom is 0.274 e. The van der Waals surface area contributed by atoms with Crippen LogP contribution in [0.5, 0.6) is 0 Å². The highest BCUT2D eigenvalue weighted by atomic mass is 32.2. The third kappa shape index (κ3) is 4.42. The number of halogens is 2. The number of nitrogens with two attached hydrogens (primary N) is 1. The number of hydrogen-bond acceptors (Lipinski definition) is 9. The van der Waals surface area contributed by atoms with Gasteiger partial charge in [0, 0.05) is 41.6 Å². The average molecular weight is 606 g/mol. The van der Waals surface area contributed by atoms with Crippen LogP contribution in [-0.4, -0.2) is 72.6 Å². The highest BCUT2D eigenvalue weighted by Crippen LogP contribution is 2.45. The number of hydrogen-bond donors (Lipinski definition) is 2. The lowest BCUT2D eigenvalue weighted by atomic mass is 9.87. The summed E-state index contributed by atoms with van der Waals surface area (Å²) in [6.07, 6.45) is 7.99. The molecule has 0 radical (unpaired) electrons. The fourth-order valence-electron chi connectivity index (χ4n) is 6.49. The van der Waals surface area contributed by atoms with Crippen LogP contribution in [0.3, 0.4) is 0 Å². The second kappa shape index (κ2) is 9.90. The van der Waals surface area contributed by atoms with Gasteiger partial charge in [0.15, 0.2) is 15.5 Å². The molecule has 0 spiro atoms. The first-order valence-corrected chi connectivity index (χ1v) is 15.5. The molecule has 4 aromatic heterocycles. The number of benzene rings is 1. The number of aromatic amines is 1. The van der Waals surface area contributed by atoms with Gasteiger partial charge in [-0.3, -0.25) is 14.9 Å². The third-order valence-corrected chi connectivity index (χ3v) is 9.49. The number of rotatable bonds is 5. The van der Waals surface area contributed by atoms with Gasteiger partial charge in [0.1, 0.15) is 28.0 Å². The number of carbonyl (C=O) groups excluding carboxylic acids is 1. The molecule has 3 atom stereocenters. The number of piperidine rings is 1. The summed E-state index contributed by atoms with van der Waals surface area (Å²) < 4.78 is 56.0. The highest BCUT2D eigenvalue weighted by molar-refractivity contribution is 7.91. The van der Waals surface area contributed by atoms with Gasteiger partial charge in [-0.1, -0.05) is 17.3 Å². The van der Waals surface area contributed by atoms with Gasteiger partial charge >= 0.3 is 0 Å². The van der Waals surface area contributed by atoms with Crippen LogP contribution in [0.15, 0.2) is 53.8 Å². The number of fused-ring (bicyclic) bond motifs is 3. The molecule has 2 saturated heterocycles. The normalized spacial score (nSPS) is 20.2. The van der Waals surface area contributed by atoms with Crippen molar-refractivity contribution in [2.45, 2.75) is 48.6 Å². The average Bonchev–Trinajstić information content (AvgIpc) is 3.71.